The molecular weight excluding hydrogens is 949 g/mol. The Labute approximate surface area is 419 Å². The van der Waals surface area contributed by atoms with E-state index in [4.69, 9.17) is 0 Å². The highest BCUT2D eigenvalue weighted by Gasteiger charge is 2.25. The lowest BCUT2D eigenvalue weighted by Gasteiger charge is -2.30. The van der Waals surface area contributed by atoms with Crippen LogP contribution in [0.2, 0.25) is 0 Å². The fourth-order valence-electron chi connectivity index (χ4n) is 10.1. The lowest BCUT2D eigenvalue weighted by molar-refractivity contribution is 0.583. The molecule has 0 amide bonds. The van der Waals surface area contributed by atoms with Gasteiger partial charge in [-0.25, -0.2) is 35.1 Å². The fraction of sp³-hybridized carbons (Fsp3) is 0. The summed E-state index contributed by atoms with van der Waals surface area (Å²) in [6.07, 6.45) is 0. The molecule has 0 spiro atoms. The van der Waals surface area contributed by atoms with Crippen LogP contribution >= 0.6 is 0 Å². The average Bonchev–Trinajstić information content (AvgIpc) is 3.40. The number of rotatable bonds is 10. The Morgan fingerprint density at radius 3 is 0.743 bits per heavy atom. The smallest absolute Gasteiger partial charge is 0.128 e. The quantitative estimate of drug-likeness (QED) is 0.0995. The third-order valence-electron chi connectivity index (χ3n) is 13.4. The molecule has 0 radical (unpaired) electrons. The maximum atomic E-state index is 15.5. The molecule has 0 aliphatic carbocycles. The lowest BCUT2D eigenvalue weighted by atomic mass is 9.91. The molecule has 0 bridgehead atoms. The van der Waals surface area contributed by atoms with Crippen LogP contribution in [0.5, 0.6) is 0 Å². The molecule has 0 aliphatic rings. The molecule has 0 aromatic heterocycles. The Kier molecular flexibility index (Phi) is 11.4. The normalized spacial score (nSPS) is 11.5. The summed E-state index contributed by atoms with van der Waals surface area (Å²) in [7, 11) is 0. The van der Waals surface area contributed by atoms with Crippen molar-refractivity contribution in [1.82, 2.24) is 0 Å². The van der Waals surface area contributed by atoms with E-state index in [0.717, 1.165) is 33.7 Å². The number of hydrogen-bond acceptors (Lipinski definition) is 2. The molecule has 358 valence electrons. The average molecular weight is 985 g/mol. The first-order chi connectivity index (χ1) is 35.9. The summed E-state index contributed by atoms with van der Waals surface area (Å²) >= 11 is 0. The molecule has 0 fully saturated rings. The van der Waals surface area contributed by atoms with E-state index < -0.39 is 46.5 Å². The first-order valence-electron chi connectivity index (χ1n) is 23.5. The van der Waals surface area contributed by atoms with Gasteiger partial charge in [-0.1, -0.05) is 84.9 Å². The molecule has 0 atom stereocenters. The van der Waals surface area contributed by atoms with Gasteiger partial charge in [-0.2, -0.15) is 0 Å². The van der Waals surface area contributed by atoms with Gasteiger partial charge in [0.2, 0.25) is 0 Å². The van der Waals surface area contributed by atoms with E-state index in [0.29, 0.717) is 78.0 Å². The maximum absolute atomic E-state index is 15.5. The Bertz CT molecular complexity index is 3670. The molecule has 0 N–H and O–H groups in total. The molecule has 10 heteroatoms. The summed E-state index contributed by atoms with van der Waals surface area (Å²) in [5.74, 6) is -5.01. The molecule has 12 rings (SSSR count). The topological polar surface area (TPSA) is 6.48 Å². The highest BCUT2D eigenvalue weighted by molar-refractivity contribution is 6.28. The standard InChI is InChI=1S/C64H36F8N2/c65-47-13-1-37(2-14-47)43-25-44(38-3-15-48(66)16-4-38)28-55(27-43)73(57-33-51(69)31-52(70)34-57)61-23-11-41-10-22-60-62(24-12-42-9-21-59(61)63(41)64(42)60)74(58-35-53(71)32-54(72)36-58)56-29-45(39-5-17-49(67)18-6-39)26-46(30-56)40-7-19-50(68)20-8-40/h1-36H. The SMILES string of the molecule is Fc1ccc(-c2cc(-c3ccc(F)cc3)cc(N(c3cc(F)cc(F)c3)c3ccc4ccc5c(N(c6cc(F)cc(F)c6)c6cc(-c7ccc(F)cc7)cc(-c7ccc(F)cc7)c6)ccc6ccc3c4c65)c2)cc1. The summed E-state index contributed by atoms with van der Waals surface area (Å²) in [4.78, 5) is 3.50. The molecule has 0 saturated carbocycles. The number of benzene rings is 12. The molecule has 2 nitrogen and oxygen atoms in total. The van der Waals surface area contributed by atoms with Gasteiger partial charge in [-0.15, -0.1) is 0 Å². The summed E-state index contributed by atoms with van der Waals surface area (Å²) < 4.78 is 119. The van der Waals surface area contributed by atoms with Crippen LogP contribution in [0, 0.1) is 46.5 Å². The minimum atomic E-state index is -0.819. The number of anilines is 6. The van der Waals surface area contributed by atoms with Crippen molar-refractivity contribution in [1.29, 1.82) is 0 Å². The molecule has 0 aliphatic heterocycles. The summed E-state index contributed by atoms with van der Waals surface area (Å²) in [5.41, 5.74) is 7.51. The van der Waals surface area contributed by atoms with Gasteiger partial charge in [-0.05, 0) is 187 Å². The largest absolute Gasteiger partial charge is 0.310 e. The minimum Gasteiger partial charge on any atom is -0.310 e. The van der Waals surface area contributed by atoms with Gasteiger partial charge >= 0.3 is 0 Å². The van der Waals surface area contributed by atoms with Gasteiger partial charge in [0.15, 0.2) is 0 Å². The van der Waals surface area contributed by atoms with E-state index in [9.17, 15) is 17.6 Å². The molecule has 74 heavy (non-hydrogen) atoms. The molecule has 12 aromatic carbocycles. The molecule has 12 aromatic rings. The minimum absolute atomic E-state index is 0.150. The molecule has 0 saturated heterocycles. The van der Waals surface area contributed by atoms with E-state index in [1.165, 1.54) is 72.8 Å². The number of halogens is 8. The van der Waals surface area contributed by atoms with Crippen LogP contribution in [0.3, 0.4) is 0 Å². The lowest BCUT2D eigenvalue weighted by Crippen LogP contribution is -2.13. The second-order valence-corrected chi connectivity index (χ2v) is 18.1. The number of nitrogens with zero attached hydrogens (tertiary/aromatic N) is 2. The molecule has 0 unspecified atom stereocenters. The monoisotopic (exact) mass is 984 g/mol. The zero-order valence-electron chi connectivity index (χ0n) is 38.7. The van der Waals surface area contributed by atoms with Crippen LogP contribution in [0.4, 0.5) is 69.2 Å². The zero-order valence-corrected chi connectivity index (χ0v) is 38.7. The van der Waals surface area contributed by atoms with Crippen molar-refractivity contribution < 1.29 is 35.1 Å². The Hall–Kier alpha value is -9.28. The van der Waals surface area contributed by atoms with Gasteiger partial charge in [-0.3, -0.25) is 0 Å². The third-order valence-corrected chi connectivity index (χ3v) is 13.4. The highest BCUT2D eigenvalue weighted by Crippen LogP contribution is 2.49. The predicted molar refractivity (Wildman–Crippen MR) is 281 cm³/mol. The van der Waals surface area contributed by atoms with Gasteiger partial charge in [0.1, 0.15) is 46.5 Å². The van der Waals surface area contributed by atoms with Crippen molar-refractivity contribution in [3.8, 4) is 44.5 Å². The van der Waals surface area contributed by atoms with Crippen LogP contribution in [0.1, 0.15) is 0 Å². The summed E-state index contributed by atoms with van der Waals surface area (Å²) in [5, 5.41) is 4.53. The van der Waals surface area contributed by atoms with Crippen LogP contribution < -0.4 is 9.80 Å². The van der Waals surface area contributed by atoms with Crippen LogP contribution in [-0.4, -0.2) is 0 Å². The summed E-state index contributed by atoms with van der Waals surface area (Å²) in [6.45, 7) is 0. The van der Waals surface area contributed by atoms with Crippen molar-refractivity contribution in [2.45, 2.75) is 0 Å². The fourth-order valence-corrected chi connectivity index (χ4v) is 10.1. The Morgan fingerprint density at radius 2 is 0.459 bits per heavy atom. The van der Waals surface area contributed by atoms with E-state index >= 15 is 17.6 Å². The van der Waals surface area contributed by atoms with Crippen molar-refractivity contribution in [3.63, 3.8) is 0 Å². The Balaban J connectivity index is 1.11. The molecule has 0 heterocycles. The van der Waals surface area contributed by atoms with Crippen LogP contribution in [-0.2, 0) is 0 Å². The maximum Gasteiger partial charge on any atom is 0.128 e. The van der Waals surface area contributed by atoms with Gasteiger partial charge in [0, 0.05) is 34.3 Å². The van der Waals surface area contributed by atoms with Crippen molar-refractivity contribution in [2.24, 2.45) is 0 Å². The third kappa shape index (κ3) is 8.60. The van der Waals surface area contributed by atoms with Crippen molar-refractivity contribution in [3.05, 3.63) is 265 Å². The summed E-state index contributed by atoms with van der Waals surface area (Å²) in [6, 6.07) is 56.8. The van der Waals surface area contributed by atoms with Crippen molar-refractivity contribution in [2.75, 3.05) is 9.80 Å². The van der Waals surface area contributed by atoms with E-state index in [1.807, 2.05) is 84.9 Å². The Morgan fingerprint density at radius 1 is 0.203 bits per heavy atom. The van der Waals surface area contributed by atoms with E-state index in [-0.39, 0.29) is 11.4 Å². The van der Waals surface area contributed by atoms with Gasteiger partial charge in [0.25, 0.3) is 0 Å². The predicted octanol–water partition coefficient (Wildman–Crippen LogP) is 19.3. The van der Waals surface area contributed by atoms with Crippen LogP contribution in [0.15, 0.2) is 218 Å². The second kappa shape index (κ2) is 18.4. The van der Waals surface area contributed by atoms with Crippen molar-refractivity contribution >= 4 is 66.4 Å². The second-order valence-electron chi connectivity index (χ2n) is 18.1. The van der Waals surface area contributed by atoms with E-state index in [2.05, 4.69) is 0 Å². The van der Waals surface area contributed by atoms with Gasteiger partial charge < -0.3 is 9.80 Å². The zero-order chi connectivity index (χ0) is 50.8. The first kappa shape index (κ1) is 45.8. The van der Waals surface area contributed by atoms with Crippen LogP contribution in [0.25, 0.3) is 76.8 Å². The highest BCUT2D eigenvalue weighted by atomic mass is 19.2. The molecular formula is C64H36F8N2. The number of hydrogen-bond donors (Lipinski definition) is 0. The van der Waals surface area contributed by atoms with Gasteiger partial charge in [0.05, 0.1) is 22.7 Å². The van der Waals surface area contributed by atoms with E-state index in [1.54, 1.807) is 58.3 Å². The first-order valence-corrected chi connectivity index (χ1v) is 23.5.